The number of rotatable bonds is 8. The third-order valence-corrected chi connectivity index (χ3v) is 18.3. The van der Waals surface area contributed by atoms with Crippen LogP contribution in [0.2, 0.25) is 0 Å². The summed E-state index contributed by atoms with van der Waals surface area (Å²) in [7, 11) is 0. The van der Waals surface area contributed by atoms with Gasteiger partial charge in [-0.25, -0.2) is 0 Å². The molecule has 0 N–H and O–H groups in total. The number of fused-ring (bicyclic) bond motifs is 10. The second-order valence-corrected chi connectivity index (χ2v) is 24.4. The molecule has 0 saturated carbocycles. The summed E-state index contributed by atoms with van der Waals surface area (Å²) in [6.07, 6.45) is 0. The number of benzene rings is 13. The molecule has 0 spiro atoms. The normalized spacial score (nSPS) is 12.5. The van der Waals surface area contributed by atoms with E-state index in [4.69, 9.17) is 4.42 Å². The zero-order chi connectivity index (χ0) is 57.2. The van der Waals surface area contributed by atoms with Crippen LogP contribution in [-0.4, -0.2) is 11.3 Å². The van der Waals surface area contributed by atoms with Gasteiger partial charge in [-0.3, -0.25) is 0 Å². The zero-order valence-electron chi connectivity index (χ0n) is 48.1. The lowest BCUT2D eigenvalue weighted by molar-refractivity contribution is 0.590. The van der Waals surface area contributed by atoms with Crippen LogP contribution in [0.15, 0.2) is 296 Å². The smallest absolute Gasteiger partial charge is 0.252 e. The quantitative estimate of drug-likeness (QED) is 0.141. The van der Waals surface area contributed by atoms with Crippen LogP contribution in [0.3, 0.4) is 0 Å². The predicted molar refractivity (Wildman–Crippen MR) is 364 cm³/mol. The van der Waals surface area contributed by atoms with E-state index in [0.29, 0.717) is 0 Å². The van der Waals surface area contributed by atoms with Crippen molar-refractivity contribution >= 4 is 83.9 Å². The molecule has 17 rings (SSSR count). The Morgan fingerprint density at radius 1 is 0.314 bits per heavy atom. The van der Waals surface area contributed by atoms with Crippen molar-refractivity contribution in [1.82, 2.24) is 4.57 Å². The van der Waals surface area contributed by atoms with Crippen LogP contribution in [-0.2, 0) is 5.41 Å². The Morgan fingerprint density at radius 3 is 1.33 bits per heavy atom. The summed E-state index contributed by atoms with van der Waals surface area (Å²) in [4.78, 5) is 2.68. The van der Waals surface area contributed by atoms with Gasteiger partial charge in [-0.2, -0.15) is 0 Å². The van der Waals surface area contributed by atoms with Crippen molar-refractivity contribution in [2.45, 2.75) is 26.2 Å². The Balaban J connectivity index is 1.03. The number of para-hydroxylation sites is 1. The number of furan rings is 1. The van der Waals surface area contributed by atoms with Crippen molar-refractivity contribution in [1.29, 1.82) is 0 Å². The average molecular weight is 1100 g/mol. The third-order valence-electron chi connectivity index (χ3n) is 18.3. The van der Waals surface area contributed by atoms with Gasteiger partial charge in [0.25, 0.3) is 6.71 Å². The fourth-order valence-electron chi connectivity index (χ4n) is 14.1. The predicted octanol–water partition coefficient (Wildman–Crippen LogP) is 20.3. The molecule has 4 heteroatoms. The van der Waals surface area contributed by atoms with Crippen molar-refractivity contribution in [2.75, 3.05) is 4.90 Å². The van der Waals surface area contributed by atoms with Gasteiger partial charge in [0, 0.05) is 55.3 Å². The fourth-order valence-corrected chi connectivity index (χ4v) is 14.1. The van der Waals surface area contributed by atoms with E-state index >= 15 is 0 Å². The second-order valence-electron chi connectivity index (χ2n) is 24.4. The summed E-state index contributed by atoms with van der Waals surface area (Å²) in [6.45, 7) is 6.92. The van der Waals surface area contributed by atoms with Crippen LogP contribution in [0, 0.1) is 0 Å². The largest absolute Gasteiger partial charge is 0.456 e. The number of aromatic nitrogens is 1. The minimum absolute atomic E-state index is 0.187. The molecule has 0 unspecified atom stereocenters. The highest BCUT2D eigenvalue weighted by Gasteiger charge is 2.45. The van der Waals surface area contributed by atoms with Crippen LogP contribution >= 0.6 is 0 Å². The van der Waals surface area contributed by atoms with E-state index < -0.39 is 0 Å². The fraction of sp³-hybridized carbons (Fsp3) is 0.0488. The molecule has 15 aromatic rings. The van der Waals surface area contributed by atoms with Gasteiger partial charge in [-0.15, -0.1) is 0 Å². The van der Waals surface area contributed by atoms with Gasteiger partial charge in [-0.1, -0.05) is 245 Å². The molecule has 404 valence electrons. The maximum absolute atomic E-state index is 7.15. The first kappa shape index (κ1) is 49.9. The van der Waals surface area contributed by atoms with Crippen molar-refractivity contribution in [3.05, 3.63) is 297 Å². The van der Waals surface area contributed by atoms with Crippen molar-refractivity contribution < 1.29 is 4.42 Å². The van der Waals surface area contributed by atoms with Crippen LogP contribution < -0.4 is 21.3 Å². The molecule has 0 fully saturated rings. The van der Waals surface area contributed by atoms with E-state index in [9.17, 15) is 0 Å². The van der Waals surface area contributed by atoms with E-state index in [0.717, 1.165) is 61.1 Å². The molecular weight excluding hydrogens is 1040 g/mol. The Bertz CT molecular complexity index is 5090. The molecule has 0 aliphatic carbocycles. The molecule has 0 bridgehead atoms. The van der Waals surface area contributed by atoms with Gasteiger partial charge in [0.05, 0.1) is 11.2 Å². The first-order valence-corrected chi connectivity index (χ1v) is 30.0. The van der Waals surface area contributed by atoms with Gasteiger partial charge in [0.2, 0.25) is 0 Å². The summed E-state index contributed by atoms with van der Waals surface area (Å²) < 4.78 is 9.78. The van der Waals surface area contributed by atoms with Crippen LogP contribution in [0.25, 0.3) is 127 Å². The topological polar surface area (TPSA) is 21.3 Å². The van der Waals surface area contributed by atoms with Gasteiger partial charge in [-0.05, 0) is 161 Å². The highest BCUT2D eigenvalue weighted by Crippen LogP contribution is 2.52. The Labute approximate surface area is 501 Å². The van der Waals surface area contributed by atoms with Gasteiger partial charge in [0.15, 0.2) is 0 Å². The van der Waals surface area contributed by atoms with Crippen LogP contribution in [0.5, 0.6) is 0 Å². The Morgan fingerprint density at radius 2 is 0.767 bits per heavy atom. The van der Waals surface area contributed by atoms with E-state index in [1.807, 2.05) is 0 Å². The molecule has 0 radical (unpaired) electrons. The summed E-state index contributed by atoms with van der Waals surface area (Å²) in [5, 5.41) is 4.64. The van der Waals surface area contributed by atoms with Gasteiger partial charge >= 0.3 is 0 Å². The molecule has 4 heterocycles. The van der Waals surface area contributed by atoms with Gasteiger partial charge < -0.3 is 13.9 Å². The van der Waals surface area contributed by atoms with Crippen molar-refractivity contribution in [3.63, 3.8) is 0 Å². The standard InChI is InChI=1S/C82H57BN2O/c1-82(2,3)64-48-75-79-76(49-64)85(80-65(61-34-19-32-57(42-61)52-22-9-4-10-23-52)36-21-37-66(80)62-35-20-33-58(43-62)53-24-11-5-12-25-53)74-50-69-68-45-60(55-28-15-7-16-29-55)39-41-77(68)86-78(69)51-71(74)83(79)72-47-63(56-30-17-8-18-31-56)46-70-67-44-59(54-26-13-6-14-27-54)38-40-73(67)84(75)81(70)72/h4-51H,1-3H3. The molecule has 2 aliphatic rings. The second kappa shape index (κ2) is 19.5. The highest BCUT2D eigenvalue weighted by atomic mass is 16.3. The monoisotopic (exact) mass is 1100 g/mol. The lowest BCUT2D eigenvalue weighted by Crippen LogP contribution is -2.60. The van der Waals surface area contributed by atoms with E-state index in [1.165, 1.54) is 105 Å². The Hall–Kier alpha value is -10.7. The molecule has 0 amide bonds. The minimum Gasteiger partial charge on any atom is -0.456 e. The summed E-state index contributed by atoms with van der Waals surface area (Å²) in [6, 6.07) is 108. The average Bonchev–Trinajstić information content (AvgIpc) is 1.37. The summed E-state index contributed by atoms with van der Waals surface area (Å²) in [5.41, 5.74) is 29.9. The summed E-state index contributed by atoms with van der Waals surface area (Å²) >= 11 is 0. The molecule has 2 aliphatic heterocycles. The molecule has 86 heavy (non-hydrogen) atoms. The zero-order valence-corrected chi connectivity index (χ0v) is 48.1. The maximum atomic E-state index is 7.15. The lowest BCUT2D eigenvalue weighted by Gasteiger charge is -2.42. The molecule has 0 saturated heterocycles. The van der Waals surface area contributed by atoms with Crippen LogP contribution in [0.1, 0.15) is 26.3 Å². The molecule has 13 aromatic carbocycles. The number of nitrogens with zero attached hydrogens (tertiary/aromatic N) is 2. The lowest BCUT2D eigenvalue weighted by atomic mass is 9.33. The van der Waals surface area contributed by atoms with Gasteiger partial charge in [0.1, 0.15) is 11.2 Å². The van der Waals surface area contributed by atoms with E-state index in [1.54, 1.807) is 0 Å². The van der Waals surface area contributed by atoms with Crippen molar-refractivity contribution in [2.24, 2.45) is 0 Å². The van der Waals surface area contributed by atoms with Crippen molar-refractivity contribution in [3.8, 4) is 83.6 Å². The summed E-state index contributed by atoms with van der Waals surface area (Å²) in [5.74, 6) is 0. The Kier molecular flexibility index (Phi) is 11.3. The SMILES string of the molecule is CC(C)(C)c1cc2c3c(c1)-n1c4ccc(-c5ccccc5)cc4c4cc(-c5ccccc5)cc(c41)B3c1cc3oc4ccc(-c5ccccc5)cc4c3cc1N2c1c(-c2cccc(-c3ccccc3)c2)cccc1-c1cccc(-c2ccccc2)c1. The molecular formula is C82H57BN2O. The molecule has 0 atom stereocenters. The first-order chi connectivity index (χ1) is 42.3. The maximum Gasteiger partial charge on any atom is 0.252 e. The molecule has 2 aromatic heterocycles. The first-order valence-electron chi connectivity index (χ1n) is 30.0. The molecule has 3 nitrogen and oxygen atoms in total. The highest BCUT2D eigenvalue weighted by molar-refractivity contribution is 7.00. The minimum atomic E-state index is -0.234. The number of hydrogen-bond donors (Lipinski definition) is 0. The third kappa shape index (κ3) is 7.97. The van der Waals surface area contributed by atoms with E-state index in [-0.39, 0.29) is 12.1 Å². The van der Waals surface area contributed by atoms with Crippen LogP contribution in [0.4, 0.5) is 17.1 Å². The van der Waals surface area contributed by atoms with E-state index in [2.05, 4.69) is 321 Å². The number of hydrogen-bond acceptors (Lipinski definition) is 2. The number of anilines is 3.